The molecule has 0 bridgehead atoms. The molecule has 0 radical (unpaired) electrons. The van der Waals surface area contributed by atoms with E-state index < -0.39 is 0 Å². The van der Waals surface area contributed by atoms with Crippen LogP contribution in [-0.4, -0.2) is 54.2 Å². The lowest BCUT2D eigenvalue weighted by molar-refractivity contribution is -0.128. The summed E-state index contributed by atoms with van der Waals surface area (Å²) in [6, 6.07) is 15.0. The molecule has 7 nitrogen and oxygen atoms in total. The van der Waals surface area contributed by atoms with Gasteiger partial charge in [-0.3, -0.25) is 14.7 Å². The van der Waals surface area contributed by atoms with Crippen molar-refractivity contribution in [1.29, 1.82) is 0 Å². The largest absolute Gasteiger partial charge is 0.497 e. The van der Waals surface area contributed by atoms with E-state index in [1.54, 1.807) is 49.4 Å². The number of aromatic amines is 1. The number of hydrogen-bond donors (Lipinski definition) is 2. The zero-order chi connectivity index (χ0) is 23.6. The smallest absolute Gasteiger partial charge is 0.251 e. The molecule has 0 aliphatic heterocycles. The Kier molecular flexibility index (Phi) is 8.57. The zero-order valence-electron chi connectivity index (χ0n) is 18.9. The van der Waals surface area contributed by atoms with Gasteiger partial charge in [0.1, 0.15) is 11.6 Å². The van der Waals surface area contributed by atoms with Crippen LogP contribution in [0.25, 0.3) is 11.3 Å². The van der Waals surface area contributed by atoms with Crippen molar-refractivity contribution in [3.05, 3.63) is 71.7 Å². The summed E-state index contributed by atoms with van der Waals surface area (Å²) in [4.78, 5) is 26.1. The average Bonchev–Trinajstić information content (AvgIpc) is 3.31. The van der Waals surface area contributed by atoms with Gasteiger partial charge in [-0.15, -0.1) is 0 Å². The Labute approximate surface area is 193 Å². The van der Waals surface area contributed by atoms with Crippen molar-refractivity contribution < 1.29 is 18.7 Å². The second-order valence-electron chi connectivity index (χ2n) is 7.83. The predicted octanol–water partition coefficient (Wildman–Crippen LogP) is 3.83. The highest BCUT2D eigenvalue weighted by molar-refractivity contribution is 5.96. The minimum Gasteiger partial charge on any atom is -0.497 e. The summed E-state index contributed by atoms with van der Waals surface area (Å²) >= 11 is 0. The zero-order valence-corrected chi connectivity index (χ0v) is 18.9. The van der Waals surface area contributed by atoms with Crippen LogP contribution < -0.4 is 10.1 Å². The van der Waals surface area contributed by atoms with Gasteiger partial charge in [-0.05, 0) is 61.7 Å². The SMILES string of the molecule is COc1ccc(C(=O)NCC(=O)N(C)CCCCCc2cc(-c3cccc(F)c3)n[nH]2)cc1. The van der Waals surface area contributed by atoms with Gasteiger partial charge in [0.2, 0.25) is 5.91 Å². The lowest BCUT2D eigenvalue weighted by atomic mass is 10.1. The third-order valence-electron chi connectivity index (χ3n) is 5.37. The number of nitrogens with zero attached hydrogens (tertiary/aromatic N) is 2. The molecule has 3 rings (SSSR count). The van der Waals surface area contributed by atoms with E-state index in [1.807, 2.05) is 12.1 Å². The van der Waals surface area contributed by atoms with E-state index in [0.717, 1.165) is 42.6 Å². The van der Waals surface area contributed by atoms with Crippen LogP contribution in [0.5, 0.6) is 5.75 Å². The summed E-state index contributed by atoms with van der Waals surface area (Å²) in [7, 11) is 3.30. The summed E-state index contributed by atoms with van der Waals surface area (Å²) in [6.07, 6.45) is 3.59. The number of unbranched alkanes of at least 4 members (excludes halogenated alkanes) is 2. The number of hydrogen-bond acceptors (Lipinski definition) is 4. The van der Waals surface area contributed by atoms with Gasteiger partial charge in [0.15, 0.2) is 0 Å². The molecule has 0 aliphatic rings. The highest BCUT2D eigenvalue weighted by atomic mass is 19.1. The van der Waals surface area contributed by atoms with Crippen molar-refractivity contribution in [2.75, 3.05) is 27.2 Å². The van der Waals surface area contributed by atoms with Crippen molar-refractivity contribution in [1.82, 2.24) is 20.4 Å². The number of methoxy groups -OCH3 is 1. The molecular weight excluding hydrogens is 423 g/mol. The number of likely N-dealkylation sites (N-methyl/N-ethyl adjacent to an activating group) is 1. The molecule has 0 atom stereocenters. The van der Waals surface area contributed by atoms with Crippen LogP contribution in [0.2, 0.25) is 0 Å². The number of aromatic nitrogens is 2. The van der Waals surface area contributed by atoms with Gasteiger partial charge >= 0.3 is 0 Å². The van der Waals surface area contributed by atoms with E-state index in [9.17, 15) is 14.0 Å². The predicted molar refractivity (Wildman–Crippen MR) is 125 cm³/mol. The van der Waals surface area contributed by atoms with Gasteiger partial charge in [0.05, 0.1) is 19.3 Å². The van der Waals surface area contributed by atoms with Gasteiger partial charge in [-0.2, -0.15) is 5.10 Å². The highest BCUT2D eigenvalue weighted by Gasteiger charge is 2.12. The van der Waals surface area contributed by atoms with E-state index in [2.05, 4.69) is 15.5 Å². The minimum atomic E-state index is -0.295. The normalized spacial score (nSPS) is 10.6. The molecule has 2 aromatic carbocycles. The maximum Gasteiger partial charge on any atom is 0.251 e. The molecule has 33 heavy (non-hydrogen) atoms. The summed E-state index contributed by atoms with van der Waals surface area (Å²) in [5.41, 5.74) is 2.95. The first-order valence-corrected chi connectivity index (χ1v) is 10.9. The molecule has 3 aromatic rings. The lowest BCUT2D eigenvalue weighted by Gasteiger charge is -2.17. The number of rotatable bonds is 11. The number of H-pyrrole nitrogens is 1. The van der Waals surface area contributed by atoms with Crippen molar-refractivity contribution in [2.24, 2.45) is 0 Å². The van der Waals surface area contributed by atoms with Crippen LogP contribution in [0.15, 0.2) is 54.6 Å². The van der Waals surface area contributed by atoms with E-state index in [1.165, 1.54) is 12.1 Å². The molecule has 0 saturated carbocycles. The molecule has 0 saturated heterocycles. The summed E-state index contributed by atoms with van der Waals surface area (Å²) in [5, 5.41) is 9.92. The summed E-state index contributed by atoms with van der Waals surface area (Å²) in [5.74, 6) is -0.0420. The Morgan fingerprint density at radius 3 is 2.61 bits per heavy atom. The molecule has 2 N–H and O–H groups in total. The quantitative estimate of drug-likeness (QED) is 0.433. The van der Waals surface area contributed by atoms with Crippen molar-refractivity contribution in [2.45, 2.75) is 25.7 Å². The fraction of sp³-hybridized carbons (Fsp3) is 0.320. The van der Waals surface area contributed by atoms with Crippen LogP contribution in [0.3, 0.4) is 0 Å². The standard InChI is InChI=1S/C25H29FN4O3/c1-30(24(31)17-27-25(32)18-10-12-22(33-2)13-11-18)14-5-3-4-9-21-16-23(29-28-21)19-7-6-8-20(26)15-19/h6-8,10-13,15-16H,3-5,9,14,17H2,1-2H3,(H,27,32)(H,28,29). The first-order valence-electron chi connectivity index (χ1n) is 10.9. The summed E-state index contributed by atoms with van der Waals surface area (Å²) in [6.45, 7) is 0.577. The van der Waals surface area contributed by atoms with E-state index in [0.29, 0.717) is 17.9 Å². The molecule has 174 valence electrons. The maximum absolute atomic E-state index is 13.4. The van der Waals surface area contributed by atoms with Gasteiger partial charge in [0, 0.05) is 30.4 Å². The minimum absolute atomic E-state index is 0.0433. The molecule has 0 aliphatic carbocycles. The van der Waals surface area contributed by atoms with Crippen LogP contribution >= 0.6 is 0 Å². The monoisotopic (exact) mass is 452 g/mol. The molecule has 1 heterocycles. The number of carbonyl (C=O) groups is 2. The van der Waals surface area contributed by atoms with Crippen LogP contribution in [0.1, 0.15) is 35.3 Å². The number of halogens is 1. The van der Waals surface area contributed by atoms with Crippen LogP contribution in [-0.2, 0) is 11.2 Å². The third kappa shape index (κ3) is 7.17. The fourth-order valence-corrected chi connectivity index (χ4v) is 3.39. The molecule has 0 unspecified atom stereocenters. The molecular formula is C25H29FN4O3. The number of benzene rings is 2. The van der Waals surface area contributed by atoms with Crippen molar-refractivity contribution in [3.8, 4) is 17.0 Å². The third-order valence-corrected chi connectivity index (χ3v) is 5.37. The van der Waals surface area contributed by atoms with E-state index in [4.69, 9.17) is 4.74 Å². The summed E-state index contributed by atoms with van der Waals surface area (Å²) < 4.78 is 18.4. The number of nitrogens with one attached hydrogen (secondary N) is 2. The highest BCUT2D eigenvalue weighted by Crippen LogP contribution is 2.19. The fourth-order valence-electron chi connectivity index (χ4n) is 3.39. The molecule has 1 aromatic heterocycles. The second kappa shape index (κ2) is 11.8. The van der Waals surface area contributed by atoms with E-state index >= 15 is 0 Å². The van der Waals surface area contributed by atoms with Crippen LogP contribution in [0, 0.1) is 5.82 Å². The van der Waals surface area contributed by atoms with Crippen molar-refractivity contribution >= 4 is 11.8 Å². The van der Waals surface area contributed by atoms with E-state index in [-0.39, 0.29) is 24.2 Å². The topological polar surface area (TPSA) is 87.3 Å². The van der Waals surface area contributed by atoms with Gasteiger partial charge in [-0.1, -0.05) is 18.6 Å². The van der Waals surface area contributed by atoms with Crippen LogP contribution in [0.4, 0.5) is 4.39 Å². The second-order valence-corrected chi connectivity index (χ2v) is 7.83. The molecule has 8 heteroatoms. The Bertz CT molecular complexity index is 1070. The Balaban J connectivity index is 1.32. The first-order chi connectivity index (χ1) is 16.0. The number of aryl methyl sites for hydroxylation is 1. The molecule has 2 amide bonds. The number of ether oxygens (including phenoxy) is 1. The Morgan fingerprint density at radius 2 is 1.88 bits per heavy atom. The Hall–Kier alpha value is -3.68. The van der Waals surface area contributed by atoms with Crippen molar-refractivity contribution in [3.63, 3.8) is 0 Å². The van der Waals surface area contributed by atoms with Gasteiger partial charge in [0.25, 0.3) is 5.91 Å². The number of carbonyl (C=O) groups excluding carboxylic acids is 2. The molecule has 0 fully saturated rings. The first kappa shape index (κ1) is 24.0. The average molecular weight is 453 g/mol. The lowest BCUT2D eigenvalue weighted by Crippen LogP contribution is -2.38. The molecule has 0 spiro atoms. The van der Waals surface area contributed by atoms with Gasteiger partial charge in [-0.25, -0.2) is 4.39 Å². The number of amides is 2. The van der Waals surface area contributed by atoms with Gasteiger partial charge < -0.3 is 15.0 Å². The maximum atomic E-state index is 13.4. The Morgan fingerprint density at radius 1 is 1.09 bits per heavy atom.